The van der Waals surface area contributed by atoms with Crippen molar-refractivity contribution in [3.8, 4) is 11.5 Å². The molecule has 0 N–H and O–H groups in total. The zero-order valence-electron chi connectivity index (χ0n) is 13.3. The van der Waals surface area contributed by atoms with Gasteiger partial charge in [-0.25, -0.2) is 4.57 Å². The van der Waals surface area contributed by atoms with Gasteiger partial charge in [-0.2, -0.15) is 0 Å². The van der Waals surface area contributed by atoms with Gasteiger partial charge in [0.25, 0.3) is 0 Å². The van der Waals surface area contributed by atoms with Crippen LogP contribution in [-0.2, 0) is 4.57 Å². The van der Waals surface area contributed by atoms with Gasteiger partial charge in [0.1, 0.15) is 11.5 Å². The number of benzene rings is 3. The first-order chi connectivity index (χ1) is 11.7. The summed E-state index contributed by atoms with van der Waals surface area (Å²) in [5.41, 5.74) is 0.743. The maximum absolute atomic E-state index is 13.5. The summed E-state index contributed by atoms with van der Waals surface area (Å²) < 4.78 is 26.6. The van der Waals surface area contributed by atoms with Gasteiger partial charge in [0, 0.05) is 12.7 Å². The Morgan fingerprint density at radius 3 is 1.46 bits per heavy atom. The normalized spacial score (nSPS) is 10.9. The summed E-state index contributed by atoms with van der Waals surface area (Å²) in [6.45, 7) is 0. The summed E-state index contributed by atoms with van der Waals surface area (Å²) >= 11 is 0. The summed E-state index contributed by atoms with van der Waals surface area (Å²) in [7, 11) is -1.95. The van der Waals surface area contributed by atoms with Crippen LogP contribution in [0, 0.1) is 0 Å². The zero-order valence-corrected chi connectivity index (χ0v) is 14.2. The molecule has 0 heterocycles. The molecule has 0 amide bonds. The van der Waals surface area contributed by atoms with Gasteiger partial charge < -0.3 is 9.05 Å². The lowest BCUT2D eigenvalue weighted by Crippen LogP contribution is -2.21. The van der Waals surface area contributed by atoms with Crippen LogP contribution in [0.15, 0.2) is 91.0 Å². The van der Waals surface area contributed by atoms with Crippen molar-refractivity contribution in [2.45, 2.75) is 0 Å². The number of hydrogen-bond acceptors (Lipinski definition) is 3. The van der Waals surface area contributed by atoms with Crippen LogP contribution in [0.2, 0.25) is 0 Å². The lowest BCUT2D eigenvalue weighted by Gasteiger charge is -2.28. The largest absolute Gasteiger partial charge is 0.544 e. The number of para-hydroxylation sites is 3. The molecular weight excluding hydrogens is 321 g/mol. The van der Waals surface area contributed by atoms with E-state index >= 15 is 0 Å². The first-order valence-electron chi connectivity index (χ1n) is 7.56. The fourth-order valence-electron chi connectivity index (χ4n) is 2.16. The molecule has 0 atom stereocenters. The van der Waals surface area contributed by atoms with E-state index in [9.17, 15) is 4.57 Å². The minimum absolute atomic E-state index is 0.486. The SMILES string of the molecule is CN(c1ccccc1)P(=O)(Oc1ccccc1)Oc1ccccc1. The highest BCUT2D eigenvalue weighted by Gasteiger charge is 2.35. The molecule has 3 aromatic rings. The molecule has 24 heavy (non-hydrogen) atoms. The van der Waals surface area contributed by atoms with Gasteiger partial charge in [0.05, 0.1) is 0 Å². The summed E-state index contributed by atoms with van der Waals surface area (Å²) in [5, 5.41) is 0. The van der Waals surface area contributed by atoms with Crippen molar-refractivity contribution in [3.05, 3.63) is 91.0 Å². The monoisotopic (exact) mass is 339 g/mol. The fraction of sp³-hybridized carbons (Fsp3) is 0.0526. The van der Waals surface area contributed by atoms with Gasteiger partial charge >= 0.3 is 7.75 Å². The zero-order chi connectivity index (χ0) is 16.8. The Kier molecular flexibility index (Phi) is 4.88. The molecule has 0 fully saturated rings. The molecule has 4 nitrogen and oxygen atoms in total. The second kappa shape index (κ2) is 7.24. The van der Waals surface area contributed by atoms with Crippen LogP contribution in [0.5, 0.6) is 11.5 Å². The second-order valence-corrected chi connectivity index (χ2v) is 7.04. The van der Waals surface area contributed by atoms with Crippen molar-refractivity contribution >= 4 is 13.4 Å². The fourth-order valence-corrected chi connectivity index (χ4v) is 3.63. The molecule has 5 heteroatoms. The third-order valence-electron chi connectivity index (χ3n) is 3.43. The van der Waals surface area contributed by atoms with E-state index in [1.807, 2.05) is 66.7 Å². The van der Waals surface area contributed by atoms with Gasteiger partial charge in [-0.3, -0.25) is 4.67 Å². The lowest BCUT2D eigenvalue weighted by molar-refractivity contribution is 0.384. The highest BCUT2D eigenvalue weighted by Crippen LogP contribution is 2.52. The van der Waals surface area contributed by atoms with E-state index in [1.165, 1.54) is 4.67 Å². The van der Waals surface area contributed by atoms with Crippen LogP contribution < -0.4 is 13.7 Å². The van der Waals surface area contributed by atoms with Gasteiger partial charge in [-0.1, -0.05) is 54.6 Å². The summed E-state index contributed by atoms with van der Waals surface area (Å²) in [4.78, 5) is 0. The van der Waals surface area contributed by atoms with E-state index in [4.69, 9.17) is 9.05 Å². The van der Waals surface area contributed by atoms with Crippen LogP contribution in [-0.4, -0.2) is 7.05 Å². The maximum Gasteiger partial charge on any atom is 0.544 e. The molecule has 0 radical (unpaired) electrons. The summed E-state index contributed by atoms with van der Waals surface area (Å²) in [5.74, 6) is 0.971. The lowest BCUT2D eigenvalue weighted by atomic mass is 10.3. The predicted molar refractivity (Wildman–Crippen MR) is 96.6 cm³/mol. The number of nitrogens with zero attached hydrogens (tertiary/aromatic N) is 1. The third-order valence-corrected chi connectivity index (χ3v) is 5.27. The van der Waals surface area contributed by atoms with Gasteiger partial charge in [0.15, 0.2) is 0 Å². The number of hydrogen-bond donors (Lipinski definition) is 0. The molecule has 0 spiro atoms. The van der Waals surface area contributed by atoms with Gasteiger partial charge in [-0.15, -0.1) is 0 Å². The Hall–Kier alpha value is -2.71. The molecule has 122 valence electrons. The van der Waals surface area contributed by atoms with Gasteiger partial charge in [0.2, 0.25) is 0 Å². The Labute approximate surface area is 141 Å². The number of rotatable bonds is 6. The van der Waals surface area contributed by atoms with Crippen molar-refractivity contribution in [1.29, 1.82) is 0 Å². The molecule has 3 rings (SSSR count). The average Bonchev–Trinajstić information content (AvgIpc) is 2.63. The third kappa shape index (κ3) is 3.79. The summed E-state index contributed by atoms with van der Waals surface area (Å²) in [6.07, 6.45) is 0. The van der Waals surface area contributed by atoms with Crippen molar-refractivity contribution in [3.63, 3.8) is 0 Å². The molecule has 0 saturated heterocycles. The first kappa shape index (κ1) is 16.2. The Morgan fingerprint density at radius 2 is 1.04 bits per heavy atom. The maximum atomic E-state index is 13.5. The molecule has 0 saturated carbocycles. The van der Waals surface area contributed by atoms with E-state index in [0.29, 0.717) is 11.5 Å². The Balaban J connectivity index is 1.95. The van der Waals surface area contributed by atoms with Crippen molar-refractivity contribution in [2.24, 2.45) is 0 Å². The van der Waals surface area contributed by atoms with E-state index in [2.05, 4.69) is 0 Å². The number of anilines is 1. The molecule has 0 aliphatic carbocycles. The second-order valence-electron chi connectivity index (χ2n) is 5.14. The Bertz CT molecular complexity index is 764. The molecular formula is C19H18NO3P. The minimum Gasteiger partial charge on any atom is -0.400 e. The van der Waals surface area contributed by atoms with Crippen LogP contribution in [0.25, 0.3) is 0 Å². The topological polar surface area (TPSA) is 38.8 Å². The molecule has 0 aliphatic heterocycles. The molecule has 0 aliphatic rings. The van der Waals surface area contributed by atoms with Gasteiger partial charge in [-0.05, 0) is 36.4 Å². The standard InChI is InChI=1S/C19H18NO3P/c1-20(17-11-5-2-6-12-17)24(21,22-18-13-7-3-8-14-18)23-19-15-9-4-10-16-19/h2-16H,1H3. The minimum atomic E-state index is -3.64. The van der Waals surface area contributed by atoms with Crippen LogP contribution in [0.1, 0.15) is 0 Å². The highest BCUT2D eigenvalue weighted by atomic mass is 31.2. The van der Waals surface area contributed by atoms with E-state index in [-0.39, 0.29) is 0 Å². The molecule has 0 bridgehead atoms. The van der Waals surface area contributed by atoms with Crippen LogP contribution >= 0.6 is 7.75 Å². The van der Waals surface area contributed by atoms with Crippen molar-refractivity contribution in [2.75, 3.05) is 11.7 Å². The molecule has 0 aromatic heterocycles. The predicted octanol–water partition coefficient (Wildman–Crippen LogP) is 5.39. The molecule has 0 unspecified atom stereocenters. The quantitative estimate of drug-likeness (QED) is 0.565. The van der Waals surface area contributed by atoms with Crippen LogP contribution in [0.4, 0.5) is 5.69 Å². The highest BCUT2D eigenvalue weighted by molar-refractivity contribution is 7.56. The van der Waals surface area contributed by atoms with Crippen molar-refractivity contribution in [1.82, 2.24) is 0 Å². The van der Waals surface area contributed by atoms with E-state index in [1.54, 1.807) is 31.3 Å². The smallest absolute Gasteiger partial charge is 0.400 e. The summed E-state index contributed by atoms with van der Waals surface area (Å²) in [6, 6.07) is 27.4. The Morgan fingerprint density at radius 1 is 0.667 bits per heavy atom. The van der Waals surface area contributed by atoms with Crippen LogP contribution in [0.3, 0.4) is 0 Å². The average molecular weight is 339 g/mol. The van der Waals surface area contributed by atoms with E-state index in [0.717, 1.165) is 5.69 Å². The first-order valence-corrected chi connectivity index (χ1v) is 9.05. The van der Waals surface area contributed by atoms with E-state index < -0.39 is 7.75 Å². The molecule has 3 aromatic carbocycles. The van der Waals surface area contributed by atoms with Crippen molar-refractivity contribution < 1.29 is 13.6 Å².